The molecular formula is C8H11ClN2. The Morgan fingerprint density at radius 1 is 1.27 bits per heavy atom. The van der Waals surface area contributed by atoms with Crippen LogP contribution in [0.4, 0.5) is 0 Å². The van der Waals surface area contributed by atoms with Gasteiger partial charge in [0.05, 0.1) is 5.69 Å². The highest BCUT2D eigenvalue weighted by Gasteiger charge is 2.05. The van der Waals surface area contributed by atoms with Crippen LogP contribution in [0.2, 0.25) is 5.15 Å². The van der Waals surface area contributed by atoms with Gasteiger partial charge >= 0.3 is 0 Å². The lowest BCUT2D eigenvalue weighted by atomic mass is 10.1. The van der Waals surface area contributed by atoms with Crippen molar-refractivity contribution < 1.29 is 0 Å². The maximum Gasteiger partial charge on any atom is 0.155 e. The number of hydrogen-bond donors (Lipinski definition) is 0. The Labute approximate surface area is 71.6 Å². The summed E-state index contributed by atoms with van der Waals surface area (Å²) in [6, 6.07) is 0. The maximum absolute atomic E-state index is 5.83. The summed E-state index contributed by atoms with van der Waals surface area (Å²) in [6.07, 6.45) is 0.918. The third-order valence-corrected chi connectivity index (χ3v) is 2.19. The fourth-order valence-corrected chi connectivity index (χ4v) is 1.35. The molecule has 2 nitrogen and oxygen atoms in total. The molecule has 0 saturated carbocycles. The summed E-state index contributed by atoms with van der Waals surface area (Å²) in [5, 5.41) is 8.27. The number of hydrogen-bond acceptors (Lipinski definition) is 2. The van der Waals surface area contributed by atoms with Gasteiger partial charge in [-0.25, -0.2) is 0 Å². The molecule has 1 aromatic rings. The third kappa shape index (κ3) is 1.51. The second-order valence-corrected chi connectivity index (χ2v) is 2.89. The molecule has 1 aromatic heterocycles. The lowest BCUT2D eigenvalue weighted by Crippen LogP contribution is -1.98. The zero-order valence-corrected chi connectivity index (χ0v) is 7.74. The molecule has 11 heavy (non-hydrogen) atoms. The molecule has 0 aliphatic rings. The van der Waals surface area contributed by atoms with Crippen LogP contribution in [0.1, 0.15) is 23.7 Å². The minimum atomic E-state index is 0.538. The smallest absolute Gasteiger partial charge is 0.154 e. The quantitative estimate of drug-likeness (QED) is 0.647. The first-order valence-electron chi connectivity index (χ1n) is 3.65. The van der Waals surface area contributed by atoms with E-state index < -0.39 is 0 Å². The fraction of sp³-hybridized carbons (Fsp3) is 0.500. The first-order valence-corrected chi connectivity index (χ1v) is 4.02. The molecule has 0 radical (unpaired) electrons. The molecule has 0 atom stereocenters. The number of aryl methyl sites for hydroxylation is 1. The van der Waals surface area contributed by atoms with Crippen LogP contribution in [0, 0.1) is 13.8 Å². The molecular weight excluding hydrogens is 160 g/mol. The van der Waals surface area contributed by atoms with Gasteiger partial charge in [0.25, 0.3) is 0 Å². The Balaban J connectivity index is 3.29. The van der Waals surface area contributed by atoms with E-state index >= 15 is 0 Å². The Morgan fingerprint density at radius 3 is 2.36 bits per heavy atom. The highest BCUT2D eigenvalue weighted by atomic mass is 35.5. The highest BCUT2D eigenvalue weighted by molar-refractivity contribution is 6.30. The maximum atomic E-state index is 5.83. The third-order valence-electron chi connectivity index (χ3n) is 1.89. The minimum absolute atomic E-state index is 0.538. The van der Waals surface area contributed by atoms with Crippen molar-refractivity contribution in [1.29, 1.82) is 0 Å². The highest BCUT2D eigenvalue weighted by Crippen LogP contribution is 2.18. The molecule has 0 fully saturated rings. The van der Waals surface area contributed by atoms with Gasteiger partial charge in [-0.05, 0) is 31.4 Å². The summed E-state index contributed by atoms with van der Waals surface area (Å²) < 4.78 is 0. The summed E-state index contributed by atoms with van der Waals surface area (Å²) in [4.78, 5) is 0. The number of aromatic nitrogens is 2. The lowest BCUT2D eigenvalue weighted by Gasteiger charge is -2.05. The van der Waals surface area contributed by atoms with Crippen LogP contribution in [-0.4, -0.2) is 10.2 Å². The Bertz CT molecular complexity index is 271. The Kier molecular flexibility index (Phi) is 2.45. The molecule has 1 rings (SSSR count). The van der Waals surface area contributed by atoms with Gasteiger partial charge in [-0.1, -0.05) is 18.5 Å². The molecule has 0 aliphatic heterocycles. The van der Waals surface area contributed by atoms with E-state index in [-0.39, 0.29) is 0 Å². The molecule has 0 spiro atoms. The van der Waals surface area contributed by atoms with Gasteiger partial charge in [0.2, 0.25) is 0 Å². The van der Waals surface area contributed by atoms with Crippen molar-refractivity contribution in [3.05, 3.63) is 22.0 Å². The van der Waals surface area contributed by atoms with Gasteiger partial charge < -0.3 is 0 Å². The van der Waals surface area contributed by atoms with E-state index in [4.69, 9.17) is 11.6 Å². The summed E-state index contributed by atoms with van der Waals surface area (Å²) in [7, 11) is 0. The molecule has 0 bridgehead atoms. The molecule has 0 unspecified atom stereocenters. The van der Waals surface area contributed by atoms with Crippen LogP contribution < -0.4 is 0 Å². The van der Waals surface area contributed by atoms with Gasteiger partial charge in [-0.2, -0.15) is 5.10 Å². The first kappa shape index (κ1) is 8.47. The zero-order valence-electron chi connectivity index (χ0n) is 6.98. The Hall–Kier alpha value is -0.630. The van der Waals surface area contributed by atoms with E-state index in [1.807, 2.05) is 13.8 Å². The Morgan fingerprint density at radius 2 is 1.91 bits per heavy atom. The predicted molar refractivity (Wildman–Crippen MR) is 45.9 cm³/mol. The summed E-state index contributed by atoms with van der Waals surface area (Å²) in [6.45, 7) is 6.03. The molecule has 0 N–H and O–H groups in total. The van der Waals surface area contributed by atoms with Crippen LogP contribution >= 0.6 is 11.6 Å². The normalized spacial score (nSPS) is 10.2. The largest absolute Gasteiger partial charge is 0.155 e. The van der Waals surface area contributed by atoms with Crippen molar-refractivity contribution in [1.82, 2.24) is 10.2 Å². The second-order valence-electron chi connectivity index (χ2n) is 2.53. The molecule has 0 amide bonds. The molecule has 0 aliphatic carbocycles. The summed E-state index contributed by atoms with van der Waals surface area (Å²) in [5.74, 6) is 0. The monoisotopic (exact) mass is 170 g/mol. The van der Waals surface area contributed by atoms with Gasteiger partial charge in [-0.15, -0.1) is 5.10 Å². The minimum Gasteiger partial charge on any atom is -0.154 e. The van der Waals surface area contributed by atoms with Crippen LogP contribution in [0.5, 0.6) is 0 Å². The van der Waals surface area contributed by atoms with E-state index in [0.29, 0.717) is 5.15 Å². The van der Waals surface area contributed by atoms with E-state index in [0.717, 1.165) is 23.2 Å². The van der Waals surface area contributed by atoms with E-state index in [1.54, 1.807) is 0 Å². The summed E-state index contributed by atoms with van der Waals surface area (Å²) in [5.41, 5.74) is 3.23. The van der Waals surface area contributed by atoms with Gasteiger partial charge in [0, 0.05) is 0 Å². The van der Waals surface area contributed by atoms with Crippen molar-refractivity contribution >= 4 is 11.6 Å². The number of rotatable bonds is 1. The first-order chi connectivity index (χ1) is 5.16. The van der Waals surface area contributed by atoms with Crippen LogP contribution in [-0.2, 0) is 6.42 Å². The SMILES string of the molecule is CCc1c(Cl)nnc(C)c1C. The molecule has 3 heteroatoms. The molecule has 0 saturated heterocycles. The van der Waals surface area contributed by atoms with Crippen molar-refractivity contribution in [3.8, 4) is 0 Å². The van der Waals surface area contributed by atoms with Gasteiger partial charge in [0.1, 0.15) is 0 Å². The van der Waals surface area contributed by atoms with Crippen molar-refractivity contribution in [2.75, 3.05) is 0 Å². The summed E-state index contributed by atoms with van der Waals surface area (Å²) >= 11 is 5.83. The standard InChI is InChI=1S/C8H11ClN2/c1-4-7-5(2)6(3)10-11-8(7)9/h4H2,1-3H3. The lowest BCUT2D eigenvalue weighted by molar-refractivity contribution is 0.920. The van der Waals surface area contributed by atoms with Gasteiger partial charge in [-0.3, -0.25) is 0 Å². The average molecular weight is 171 g/mol. The van der Waals surface area contributed by atoms with Gasteiger partial charge in [0.15, 0.2) is 5.15 Å². The van der Waals surface area contributed by atoms with Crippen LogP contribution in [0.15, 0.2) is 0 Å². The zero-order chi connectivity index (χ0) is 8.43. The van der Waals surface area contributed by atoms with E-state index in [2.05, 4.69) is 17.1 Å². The van der Waals surface area contributed by atoms with Crippen molar-refractivity contribution in [3.63, 3.8) is 0 Å². The van der Waals surface area contributed by atoms with E-state index in [9.17, 15) is 0 Å². The van der Waals surface area contributed by atoms with Crippen LogP contribution in [0.3, 0.4) is 0 Å². The topological polar surface area (TPSA) is 25.8 Å². The molecule has 0 aromatic carbocycles. The van der Waals surface area contributed by atoms with E-state index in [1.165, 1.54) is 0 Å². The number of halogens is 1. The average Bonchev–Trinajstić information content (AvgIpc) is 1.99. The second kappa shape index (κ2) is 3.18. The van der Waals surface area contributed by atoms with Crippen molar-refractivity contribution in [2.45, 2.75) is 27.2 Å². The van der Waals surface area contributed by atoms with Crippen LogP contribution in [0.25, 0.3) is 0 Å². The number of nitrogens with zero attached hydrogens (tertiary/aromatic N) is 2. The molecule has 1 heterocycles. The molecule has 60 valence electrons. The van der Waals surface area contributed by atoms with Crippen molar-refractivity contribution in [2.24, 2.45) is 0 Å². The predicted octanol–water partition coefficient (Wildman–Crippen LogP) is 2.31. The fourth-order valence-electron chi connectivity index (χ4n) is 1.04.